The van der Waals surface area contributed by atoms with Crippen molar-refractivity contribution in [1.29, 1.82) is 0 Å². The first-order chi connectivity index (χ1) is 9.20. The van der Waals surface area contributed by atoms with E-state index in [1.54, 1.807) is 18.2 Å². The van der Waals surface area contributed by atoms with Crippen LogP contribution in [0.25, 0.3) is 0 Å². The Balaban J connectivity index is 2.16. The fourth-order valence-electron chi connectivity index (χ4n) is 1.56. The molecule has 1 heterocycles. The van der Waals surface area contributed by atoms with Crippen LogP contribution in [0.5, 0.6) is 5.75 Å². The van der Waals surface area contributed by atoms with Crippen molar-refractivity contribution in [2.45, 2.75) is 6.92 Å². The molecule has 0 aliphatic rings. The molecule has 1 amide bonds. The van der Waals surface area contributed by atoms with Gasteiger partial charge in [-0.3, -0.25) is 4.79 Å². The second-order valence-electron chi connectivity index (χ2n) is 3.75. The zero-order valence-electron chi connectivity index (χ0n) is 10.4. The van der Waals surface area contributed by atoms with Crippen molar-refractivity contribution < 1.29 is 13.9 Å². The minimum absolute atomic E-state index is 0.285. The largest absolute Gasteiger partial charge is 0.492 e. The predicted molar refractivity (Wildman–Crippen MR) is 69.8 cm³/mol. The fraction of sp³-hybridized carbons (Fsp3) is 0.143. The van der Waals surface area contributed by atoms with Gasteiger partial charge in [0.2, 0.25) is 5.95 Å². The Morgan fingerprint density at radius 1 is 1.32 bits per heavy atom. The summed E-state index contributed by atoms with van der Waals surface area (Å²) >= 11 is 0. The molecule has 0 aliphatic heterocycles. The van der Waals surface area contributed by atoms with Gasteiger partial charge in [-0.05, 0) is 31.2 Å². The molecular formula is C14H13FN2O2. The van der Waals surface area contributed by atoms with E-state index in [0.29, 0.717) is 18.0 Å². The van der Waals surface area contributed by atoms with Crippen LogP contribution in [0.15, 0.2) is 42.6 Å². The number of pyridine rings is 1. The predicted octanol–water partition coefficient (Wildman–Crippen LogP) is 2.87. The van der Waals surface area contributed by atoms with Gasteiger partial charge in [0, 0.05) is 6.20 Å². The number of hydrogen-bond donors (Lipinski definition) is 1. The maximum atomic E-state index is 12.7. The smallest absolute Gasteiger partial charge is 0.257 e. The molecule has 0 unspecified atom stereocenters. The van der Waals surface area contributed by atoms with Crippen molar-refractivity contribution in [3.63, 3.8) is 0 Å². The van der Waals surface area contributed by atoms with Gasteiger partial charge < -0.3 is 10.1 Å². The van der Waals surface area contributed by atoms with E-state index < -0.39 is 5.95 Å². The van der Waals surface area contributed by atoms with Crippen molar-refractivity contribution in [2.75, 3.05) is 11.9 Å². The Morgan fingerprint density at radius 3 is 2.79 bits per heavy atom. The van der Waals surface area contributed by atoms with Gasteiger partial charge in [0.1, 0.15) is 5.75 Å². The Bertz CT molecular complexity index is 570. The summed E-state index contributed by atoms with van der Waals surface area (Å²) in [6.07, 6.45) is 1.19. The zero-order chi connectivity index (χ0) is 13.7. The third-order valence-corrected chi connectivity index (χ3v) is 2.42. The summed E-state index contributed by atoms with van der Waals surface area (Å²) in [6, 6.07) is 9.63. The number of benzene rings is 1. The molecule has 0 aliphatic carbocycles. The van der Waals surface area contributed by atoms with Crippen LogP contribution in [0.3, 0.4) is 0 Å². The van der Waals surface area contributed by atoms with E-state index >= 15 is 0 Å². The van der Waals surface area contributed by atoms with Crippen molar-refractivity contribution in [3.8, 4) is 5.75 Å². The summed E-state index contributed by atoms with van der Waals surface area (Å²) in [5.41, 5.74) is 0.853. The average molecular weight is 260 g/mol. The number of nitrogens with zero attached hydrogens (tertiary/aromatic N) is 1. The van der Waals surface area contributed by atoms with Crippen molar-refractivity contribution in [3.05, 3.63) is 54.1 Å². The van der Waals surface area contributed by atoms with Crippen molar-refractivity contribution in [2.24, 2.45) is 0 Å². The number of ether oxygens (including phenoxy) is 1. The molecule has 0 saturated carbocycles. The fourth-order valence-corrected chi connectivity index (χ4v) is 1.56. The maximum absolute atomic E-state index is 12.7. The lowest BCUT2D eigenvalue weighted by Crippen LogP contribution is -2.13. The Morgan fingerprint density at radius 2 is 2.11 bits per heavy atom. The van der Waals surface area contributed by atoms with Crippen molar-refractivity contribution >= 4 is 11.6 Å². The molecule has 98 valence electrons. The molecule has 0 radical (unpaired) electrons. The molecule has 0 atom stereocenters. The Hall–Kier alpha value is -2.43. The summed E-state index contributed by atoms with van der Waals surface area (Å²) in [5.74, 6) is -0.389. The quantitative estimate of drug-likeness (QED) is 0.860. The van der Waals surface area contributed by atoms with E-state index in [1.165, 1.54) is 12.3 Å². The highest BCUT2D eigenvalue weighted by Gasteiger charge is 2.09. The van der Waals surface area contributed by atoms with Crippen LogP contribution in [0.4, 0.5) is 10.1 Å². The summed E-state index contributed by atoms with van der Waals surface area (Å²) in [7, 11) is 0. The molecule has 1 N–H and O–H groups in total. The molecule has 1 aromatic carbocycles. The monoisotopic (exact) mass is 260 g/mol. The summed E-state index contributed by atoms with van der Waals surface area (Å²) in [4.78, 5) is 15.4. The molecule has 5 heteroatoms. The zero-order valence-corrected chi connectivity index (χ0v) is 10.4. The number of anilines is 1. The molecule has 2 rings (SSSR count). The number of carbonyl (C=O) groups is 1. The maximum Gasteiger partial charge on any atom is 0.257 e. The summed E-state index contributed by atoms with van der Waals surface area (Å²) in [5, 5.41) is 2.70. The number of rotatable bonds is 4. The molecule has 1 aromatic heterocycles. The average Bonchev–Trinajstić information content (AvgIpc) is 2.42. The topological polar surface area (TPSA) is 51.2 Å². The van der Waals surface area contributed by atoms with Gasteiger partial charge in [-0.15, -0.1) is 0 Å². The molecule has 0 saturated heterocycles. The minimum atomic E-state index is -0.619. The van der Waals surface area contributed by atoms with Gasteiger partial charge >= 0.3 is 0 Å². The van der Waals surface area contributed by atoms with E-state index in [1.807, 2.05) is 13.0 Å². The first-order valence-electron chi connectivity index (χ1n) is 5.85. The lowest BCUT2D eigenvalue weighted by Gasteiger charge is -2.10. The number of halogens is 1. The van der Waals surface area contributed by atoms with Crippen LogP contribution in [0.1, 0.15) is 17.3 Å². The molecule has 19 heavy (non-hydrogen) atoms. The Labute approximate surface area is 110 Å². The number of carbonyl (C=O) groups excluding carboxylic acids is 1. The highest BCUT2D eigenvalue weighted by molar-refractivity contribution is 6.04. The van der Waals surface area contributed by atoms with E-state index in [0.717, 1.165) is 6.07 Å². The van der Waals surface area contributed by atoms with Gasteiger partial charge in [-0.25, -0.2) is 4.98 Å². The van der Waals surface area contributed by atoms with Crippen LogP contribution in [-0.2, 0) is 0 Å². The number of hydrogen-bond acceptors (Lipinski definition) is 3. The van der Waals surface area contributed by atoms with Gasteiger partial charge in [0.05, 0.1) is 17.9 Å². The normalized spacial score (nSPS) is 10.0. The van der Waals surface area contributed by atoms with Crippen LogP contribution in [-0.4, -0.2) is 17.5 Å². The van der Waals surface area contributed by atoms with E-state index in [4.69, 9.17) is 4.74 Å². The van der Waals surface area contributed by atoms with Gasteiger partial charge in [-0.2, -0.15) is 4.39 Å². The standard InChI is InChI=1S/C14H13FN2O2/c1-2-19-12-6-4-3-5-11(12)17-14(18)10-7-8-13(15)16-9-10/h3-9H,2H2,1H3,(H,17,18). The van der Waals surface area contributed by atoms with E-state index in [-0.39, 0.29) is 11.5 Å². The van der Waals surface area contributed by atoms with E-state index in [2.05, 4.69) is 10.3 Å². The second-order valence-corrected chi connectivity index (χ2v) is 3.75. The number of nitrogens with one attached hydrogen (secondary N) is 1. The number of amides is 1. The Kier molecular flexibility index (Phi) is 4.07. The molecule has 0 fully saturated rings. The van der Waals surface area contributed by atoms with Crippen LogP contribution in [0, 0.1) is 5.95 Å². The van der Waals surface area contributed by atoms with Gasteiger partial charge in [0.15, 0.2) is 0 Å². The van der Waals surface area contributed by atoms with Crippen LogP contribution < -0.4 is 10.1 Å². The van der Waals surface area contributed by atoms with E-state index in [9.17, 15) is 9.18 Å². The summed E-state index contributed by atoms with van der Waals surface area (Å²) in [6.45, 7) is 2.37. The second kappa shape index (κ2) is 5.95. The van der Waals surface area contributed by atoms with Crippen LogP contribution in [0.2, 0.25) is 0 Å². The lowest BCUT2D eigenvalue weighted by atomic mass is 10.2. The van der Waals surface area contributed by atoms with Crippen molar-refractivity contribution in [1.82, 2.24) is 4.98 Å². The lowest BCUT2D eigenvalue weighted by molar-refractivity contribution is 0.102. The molecule has 2 aromatic rings. The third-order valence-electron chi connectivity index (χ3n) is 2.42. The first-order valence-corrected chi connectivity index (χ1v) is 5.85. The van der Waals surface area contributed by atoms with Gasteiger partial charge in [0.25, 0.3) is 5.91 Å². The molecule has 4 nitrogen and oxygen atoms in total. The summed E-state index contributed by atoms with van der Waals surface area (Å²) < 4.78 is 18.1. The molecular weight excluding hydrogens is 247 g/mol. The minimum Gasteiger partial charge on any atom is -0.492 e. The highest BCUT2D eigenvalue weighted by atomic mass is 19.1. The number of aromatic nitrogens is 1. The highest BCUT2D eigenvalue weighted by Crippen LogP contribution is 2.24. The first kappa shape index (κ1) is 13.0. The SMILES string of the molecule is CCOc1ccccc1NC(=O)c1ccc(F)nc1. The van der Waals surface area contributed by atoms with Crippen LogP contribution >= 0.6 is 0 Å². The molecule has 0 bridgehead atoms. The third kappa shape index (κ3) is 3.28. The number of para-hydroxylation sites is 2. The molecule has 0 spiro atoms. The van der Waals surface area contributed by atoms with Gasteiger partial charge in [-0.1, -0.05) is 12.1 Å².